The maximum atomic E-state index is 12.6. The quantitative estimate of drug-likeness (QED) is 0.906. The van der Waals surface area contributed by atoms with Gasteiger partial charge < -0.3 is 10.1 Å². The van der Waals surface area contributed by atoms with Crippen LogP contribution in [0.5, 0.6) is 5.75 Å². The van der Waals surface area contributed by atoms with Crippen LogP contribution in [-0.2, 0) is 19.9 Å². The third-order valence-corrected chi connectivity index (χ3v) is 4.56. The Labute approximate surface area is 149 Å². The Kier molecular flexibility index (Phi) is 5.11. The topological polar surface area (TPSA) is 56.1 Å². The number of nitrogens with zero attached hydrogens (tertiary/aromatic N) is 2. The molecule has 0 saturated carbocycles. The Morgan fingerprint density at radius 1 is 1.32 bits per heavy atom. The first-order valence-corrected chi connectivity index (χ1v) is 9.03. The van der Waals surface area contributed by atoms with Crippen LogP contribution in [0.15, 0.2) is 24.3 Å². The summed E-state index contributed by atoms with van der Waals surface area (Å²) >= 11 is 0. The van der Waals surface area contributed by atoms with Crippen LogP contribution in [0.3, 0.4) is 0 Å². The van der Waals surface area contributed by atoms with Gasteiger partial charge >= 0.3 is 0 Å². The fourth-order valence-corrected chi connectivity index (χ4v) is 3.26. The zero-order valence-electron chi connectivity index (χ0n) is 15.5. The maximum absolute atomic E-state index is 12.6. The smallest absolute Gasteiger partial charge is 0.270 e. The lowest BCUT2D eigenvalue weighted by atomic mass is 10.00. The van der Waals surface area contributed by atoms with E-state index < -0.39 is 0 Å². The van der Waals surface area contributed by atoms with Crippen LogP contribution in [0, 0.1) is 5.92 Å². The molecule has 0 saturated heterocycles. The van der Waals surface area contributed by atoms with Crippen molar-refractivity contribution in [1.29, 1.82) is 0 Å². The summed E-state index contributed by atoms with van der Waals surface area (Å²) in [5, 5.41) is 7.54. The van der Waals surface area contributed by atoms with Crippen LogP contribution in [0.2, 0.25) is 0 Å². The van der Waals surface area contributed by atoms with Crippen LogP contribution in [0.1, 0.15) is 60.5 Å². The standard InChI is InChI=1S/C20H27N3O2/c1-13(2)10-17-12-18(23(4)22-17)20(24)21-14(3)15-7-8-19-16(11-15)6-5-9-25-19/h7-8,11-14H,5-6,9-10H2,1-4H3,(H,21,24)/t14-/m1/s1. The number of aromatic nitrogens is 2. The van der Waals surface area contributed by atoms with Crippen molar-refractivity contribution in [3.05, 3.63) is 46.8 Å². The molecule has 5 nitrogen and oxygen atoms in total. The minimum Gasteiger partial charge on any atom is -0.493 e. The van der Waals surface area contributed by atoms with E-state index in [1.807, 2.05) is 32.2 Å². The van der Waals surface area contributed by atoms with E-state index in [4.69, 9.17) is 4.74 Å². The third kappa shape index (κ3) is 4.03. The SMILES string of the molecule is CC(C)Cc1cc(C(=O)N[C@H](C)c2ccc3c(c2)CCCO3)n(C)n1. The lowest BCUT2D eigenvalue weighted by Gasteiger charge is -2.20. The Morgan fingerprint density at radius 3 is 2.88 bits per heavy atom. The van der Waals surface area contributed by atoms with Gasteiger partial charge in [-0.3, -0.25) is 9.48 Å². The minimum atomic E-state index is -0.0912. The van der Waals surface area contributed by atoms with Crippen molar-refractivity contribution in [1.82, 2.24) is 15.1 Å². The fraction of sp³-hybridized carbons (Fsp3) is 0.500. The molecule has 5 heteroatoms. The Balaban J connectivity index is 1.71. The van der Waals surface area contributed by atoms with Crippen molar-refractivity contribution in [3.63, 3.8) is 0 Å². The van der Waals surface area contributed by atoms with E-state index in [1.165, 1.54) is 5.56 Å². The van der Waals surface area contributed by atoms with E-state index in [1.54, 1.807) is 4.68 Å². The average Bonchev–Trinajstić information content (AvgIpc) is 2.94. The number of benzene rings is 1. The van der Waals surface area contributed by atoms with Gasteiger partial charge in [0, 0.05) is 7.05 Å². The molecule has 0 fully saturated rings. The monoisotopic (exact) mass is 341 g/mol. The van der Waals surface area contributed by atoms with Gasteiger partial charge in [-0.1, -0.05) is 26.0 Å². The second kappa shape index (κ2) is 7.30. The summed E-state index contributed by atoms with van der Waals surface area (Å²) < 4.78 is 7.33. The number of aryl methyl sites for hydroxylation is 2. The number of ether oxygens (including phenoxy) is 1. The van der Waals surface area contributed by atoms with Crippen LogP contribution < -0.4 is 10.1 Å². The highest BCUT2D eigenvalue weighted by Gasteiger charge is 2.18. The van der Waals surface area contributed by atoms with E-state index in [0.29, 0.717) is 11.6 Å². The van der Waals surface area contributed by atoms with Crippen molar-refractivity contribution in [2.24, 2.45) is 13.0 Å². The molecule has 0 unspecified atom stereocenters. The van der Waals surface area contributed by atoms with Gasteiger partial charge in [-0.25, -0.2) is 0 Å². The van der Waals surface area contributed by atoms with E-state index in [9.17, 15) is 4.79 Å². The molecule has 2 heterocycles. The normalized spacial score (nSPS) is 14.8. The van der Waals surface area contributed by atoms with Gasteiger partial charge in [0.2, 0.25) is 0 Å². The molecule has 134 valence electrons. The van der Waals surface area contributed by atoms with Gasteiger partial charge in [-0.05, 0) is 55.4 Å². The Morgan fingerprint density at radius 2 is 2.12 bits per heavy atom. The van der Waals surface area contributed by atoms with Crippen LogP contribution >= 0.6 is 0 Å². The van der Waals surface area contributed by atoms with Gasteiger partial charge in [-0.2, -0.15) is 5.10 Å². The zero-order chi connectivity index (χ0) is 18.0. The summed E-state index contributed by atoms with van der Waals surface area (Å²) in [7, 11) is 1.82. The van der Waals surface area contributed by atoms with Crippen LogP contribution in [-0.4, -0.2) is 22.3 Å². The molecule has 1 aliphatic heterocycles. The minimum absolute atomic E-state index is 0.0665. The highest BCUT2D eigenvalue weighted by molar-refractivity contribution is 5.92. The molecule has 0 spiro atoms. The van der Waals surface area contributed by atoms with Gasteiger partial charge in [0.25, 0.3) is 5.91 Å². The molecule has 1 amide bonds. The summed E-state index contributed by atoms with van der Waals surface area (Å²) in [4.78, 5) is 12.6. The van der Waals surface area contributed by atoms with E-state index in [-0.39, 0.29) is 11.9 Å². The van der Waals surface area contributed by atoms with Crippen molar-refractivity contribution in [3.8, 4) is 5.75 Å². The number of hydrogen-bond donors (Lipinski definition) is 1. The third-order valence-electron chi connectivity index (χ3n) is 4.56. The summed E-state index contributed by atoms with van der Waals surface area (Å²) in [5.41, 5.74) is 3.89. The predicted octanol–water partition coefficient (Wildman–Crippen LogP) is 3.43. The van der Waals surface area contributed by atoms with E-state index in [2.05, 4.69) is 30.3 Å². The summed E-state index contributed by atoms with van der Waals surface area (Å²) in [6, 6.07) is 8.01. The number of amides is 1. The highest BCUT2D eigenvalue weighted by atomic mass is 16.5. The second-order valence-electron chi connectivity index (χ2n) is 7.26. The number of carbonyl (C=O) groups is 1. The zero-order valence-corrected chi connectivity index (χ0v) is 15.5. The molecule has 1 aromatic heterocycles. The molecular weight excluding hydrogens is 314 g/mol. The molecule has 2 aromatic rings. The van der Waals surface area contributed by atoms with Crippen LogP contribution in [0.4, 0.5) is 0 Å². The highest BCUT2D eigenvalue weighted by Crippen LogP contribution is 2.27. The molecule has 1 atom stereocenters. The van der Waals surface area contributed by atoms with Crippen molar-refractivity contribution < 1.29 is 9.53 Å². The second-order valence-corrected chi connectivity index (χ2v) is 7.26. The number of hydrogen-bond acceptors (Lipinski definition) is 3. The van der Waals surface area contributed by atoms with E-state index >= 15 is 0 Å². The summed E-state index contributed by atoms with van der Waals surface area (Å²) in [5.74, 6) is 1.40. The molecule has 0 aliphatic carbocycles. The molecular formula is C20H27N3O2. The van der Waals surface area contributed by atoms with Gasteiger partial charge in [0.15, 0.2) is 0 Å². The number of carbonyl (C=O) groups excluding carboxylic acids is 1. The molecule has 25 heavy (non-hydrogen) atoms. The number of rotatable bonds is 5. The van der Waals surface area contributed by atoms with Crippen molar-refractivity contribution in [2.75, 3.05) is 6.61 Å². The molecule has 0 bridgehead atoms. The largest absolute Gasteiger partial charge is 0.493 e. The van der Waals surface area contributed by atoms with Crippen molar-refractivity contribution >= 4 is 5.91 Å². The molecule has 1 N–H and O–H groups in total. The summed E-state index contributed by atoms with van der Waals surface area (Å²) in [6.45, 7) is 7.10. The molecule has 3 rings (SSSR count). The average molecular weight is 341 g/mol. The fourth-order valence-electron chi connectivity index (χ4n) is 3.26. The first-order chi connectivity index (χ1) is 11.9. The van der Waals surface area contributed by atoms with E-state index in [0.717, 1.165) is 42.9 Å². The summed E-state index contributed by atoms with van der Waals surface area (Å²) in [6.07, 6.45) is 2.95. The lowest BCUT2D eigenvalue weighted by molar-refractivity contribution is 0.0930. The predicted molar refractivity (Wildman–Crippen MR) is 97.9 cm³/mol. The lowest BCUT2D eigenvalue weighted by Crippen LogP contribution is -2.28. The van der Waals surface area contributed by atoms with Gasteiger partial charge in [0.05, 0.1) is 18.3 Å². The maximum Gasteiger partial charge on any atom is 0.270 e. The molecule has 0 radical (unpaired) electrons. The first-order valence-electron chi connectivity index (χ1n) is 9.03. The number of nitrogens with one attached hydrogen (secondary N) is 1. The van der Waals surface area contributed by atoms with Crippen LogP contribution in [0.25, 0.3) is 0 Å². The molecule has 1 aromatic carbocycles. The number of fused-ring (bicyclic) bond motifs is 1. The first kappa shape index (κ1) is 17.5. The Hall–Kier alpha value is -2.30. The van der Waals surface area contributed by atoms with Gasteiger partial charge in [-0.15, -0.1) is 0 Å². The Bertz CT molecular complexity index is 764. The van der Waals surface area contributed by atoms with Gasteiger partial charge in [0.1, 0.15) is 11.4 Å². The van der Waals surface area contributed by atoms with Crippen molar-refractivity contribution in [2.45, 2.75) is 46.1 Å². The molecule has 1 aliphatic rings.